The van der Waals surface area contributed by atoms with Crippen LogP contribution in [-0.2, 0) is 16.9 Å². The van der Waals surface area contributed by atoms with Crippen LogP contribution in [0, 0.1) is 5.92 Å². The normalized spacial score (nSPS) is 27.1. The molecule has 3 heterocycles. The van der Waals surface area contributed by atoms with Crippen molar-refractivity contribution in [3.8, 4) is 5.75 Å². The SMILES string of the molecule is COc1ccc(CN2OCC3CNCC32c2ccccn2)cc1. The van der Waals surface area contributed by atoms with Gasteiger partial charge in [-0.1, -0.05) is 18.2 Å². The molecule has 2 fully saturated rings. The van der Waals surface area contributed by atoms with E-state index in [0.717, 1.165) is 37.7 Å². The molecule has 0 saturated carbocycles. The quantitative estimate of drug-likeness (QED) is 0.935. The Morgan fingerprint density at radius 1 is 1.30 bits per heavy atom. The van der Waals surface area contributed by atoms with Crippen LogP contribution < -0.4 is 10.1 Å². The number of nitrogens with zero attached hydrogens (tertiary/aromatic N) is 2. The average molecular weight is 311 g/mol. The number of pyridine rings is 1. The molecule has 0 amide bonds. The van der Waals surface area contributed by atoms with Crippen molar-refractivity contribution in [1.29, 1.82) is 0 Å². The van der Waals surface area contributed by atoms with Gasteiger partial charge in [-0.2, -0.15) is 5.06 Å². The molecule has 5 heteroatoms. The molecule has 5 nitrogen and oxygen atoms in total. The lowest BCUT2D eigenvalue weighted by molar-refractivity contribution is -0.174. The summed E-state index contributed by atoms with van der Waals surface area (Å²) in [5, 5.41) is 5.63. The summed E-state index contributed by atoms with van der Waals surface area (Å²) >= 11 is 0. The molecule has 2 unspecified atom stereocenters. The molecule has 2 saturated heterocycles. The van der Waals surface area contributed by atoms with Crippen molar-refractivity contribution in [2.75, 3.05) is 26.8 Å². The molecule has 120 valence electrons. The lowest BCUT2D eigenvalue weighted by Crippen LogP contribution is -2.46. The van der Waals surface area contributed by atoms with Gasteiger partial charge in [-0.05, 0) is 29.8 Å². The Hall–Kier alpha value is -1.95. The molecule has 2 aliphatic rings. The first-order valence-electron chi connectivity index (χ1n) is 7.98. The predicted octanol–water partition coefficient (Wildman–Crippen LogP) is 1.95. The topological polar surface area (TPSA) is 46.6 Å². The fraction of sp³-hybridized carbons (Fsp3) is 0.389. The Kier molecular flexibility index (Phi) is 3.77. The van der Waals surface area contributed by atoms with E-state index < -0.39 is 0 Å². The fourth-order valence-electron chi connectivity index (χ4n) is 3.66. The van der Waals surface area contributed by atoms with E-state index in [1.165, 1.54) is 5.56 Å². The summed E-state index contributed by atoms with van der Waals surface area (Å²) in [7, 11) is 1.68. The van der Waals surface area contributed by atoms with Gasteiger partial charge in [0.2, 0.25) is 0 Å². The lowest BCUT2D eigenvalue weighted by atomic mass is 9.84. The van der Waals surface area contributed by atoms with Gasteiger partial charge in [-0.3, -0.25) is 9.82 Å². The second-order valence-corrected chi connectivity index (χ2v) is 6.15. The third kappa shape index (κ3) is 2.41. The highest BCUT2D eigenvalue weighted by Gasteiger charge is 2.55. The van der Waals surface area contributed by atoms with Gasteiger partial charge in [0, 0.05) is 25.2 Å². The number of benzene rings is 1. The smallest absolute Gasteiger partial charge is 0.118 e. The molecule has 23 heavy (non-hydrogen) atoms. The molecule has 2 aliphatic heterocycles. The lowest BCUT2D eigenvalue weighted by Gasteiger charge is -2.35. The molecule has 4 rings (SSSR count). The van der Waals surface area contributed by atoms with E-state index >= 15 is 0 Å². The van der Waals surface area contributed by atoms with Crippen LogP contribution in [0.2, 0.25) is 0 Å². The van der Waals surface area contributed by atoms with Crippen molar-refractivity contribution < 1.29 is 9.57 Å². The first-order chi connectivity index (χ1) is 11.3. The molecule has 0 radical (unpaired) electrons. The van der Waals surface area contributed by atoms with E-state index in [1.807, 2.05) is 24.4 Å². The number of nitrogens with one attached hydrogen (secondary N) is 1. The molecular weight excluding hydrogens is 290 g/mol. The number of ether oxygens (including phenoxy) is 1. The van der Waals surface area contributed by atoms with Crippen molar-refractivity contribution in [3.63, 3.8) is 0 Å². The van der Waals surface area contributed by atoms with E-state index in [4.69, 9.17) is 9.57 Å². The van der Waals surface area contributed by atoms with Gasteiger partial charge >= 0.3 is 0 Å². The highest BCUT2D eigenvalue weighted by Crippen LogP contribution is 2.44. The monoisotopic (exact) mass is 311 g/mol. The molecule has 0 aliphatic carbocycles. The maximum Gasteiger partial charge on any atom is 0.118 e. The number of fused-ring (bicyclic) bond motifs is 1. The van der Waals surface area contributed by atoms with Crippen LogP contribution in [0.1, 0.15) is 11.3 Å². The maximum atomic E-state index is 6.06. The summed E-state index contributed by atoms with van der Waals surface area (Å²) in [4.78, 5) is 10.7. The number of hydrogen-bond acceptors (Lipinski definition) is 5. The highest BCUT2D eigenvalue weighted by molar-refractivity contribution is 5.28. The second-order valence-electron chi connectivity index (χ2n) is 6.15. The number of aromatic nitrogens is 1. The highest BCUT2D eigenvalue weighted by atomic mass is 16.7. The van der Waals surface area contributed by atoms with Gasteiger partial charge in [-0.15, -0.1) is 0 Å². The molecule has 2 atom stereocenters. The van der Waals surface area contributed by atoms with E-state index in [0.29, 0.717) is 5.92 Å². The van der Waals surface area contributed by atoms with Gasteiger partial charge < -0.3 is 10.1 Å². The van der Waals surface area contributed by atoms with E-state index in [2.05, 4.69) is 39.6 Å². The van der Waals surface area contributed by atoms with Crippen molar-refractivity contribution in [2.45, 2.75) is 12.1 Å². The molecule has 0 bridgehead atoms. The van der Waals surface area contributed by atoms with E-state index in [1.54, 1.807) is 7.11 Å². The second kappa shape index (κ2) is 5.92. The summed E-state index contributed by atoms with van der Waals surface area (Å²) in [6.07, 6.45) is 1.86. The van der Waals surface area contributed by atoms with Crippen molar-refractivity contribution in [1.82, 2.24) is 15.4 Å². The largest absolute Gasteiger partial charge is 0.497 e. The summed E-state index contributed by atoms with van der Waals surface area (Å²) in [6, 6.07) is 14.3. The van der Waals surface area contributed by atoms with E-state index in [9.17, 15) is 0 Å². The van der Waals surface area contributed by atoms with Gasteiger partial charge in [0.05, 0.1) is 26.0 Å². The zero-order valence-corrected chi connectivity index (χ0v) is 13.2. The molecule has 1 N–H and O–H groups in total. The van der Waals surface area contributed by atoms with Crippen LogP contribution in [0.15, 0.2) is 48.7 Å². The predicted molar refractivity (Wildman–Crippen MR) is 86.8 cm³/mol. The zero-order valence-electron chi connectivity index (χ0n) is 13.2. The third-order valence-electron chi connectivity index (χ3n) is 4.93. The van der Waals surface area contributed by atoms with Crippen molar-refractivity contribution in [2.24, 2.45) is 5.92 Å². The zero-order chi connectivity index (χ0) is 15.7. The number of hydrogen-bond donors (Lipinski definition) is 1. The van der Waals surface area contributed by atoms with Gasteiger partial charge in [-0.25, -0.2) is 0 Å². The Bertz CT molecular complexity index is 662. The van der Waals surface area contributed by atoms with Gasteiger partial charge in [0.15, 0.2) is 0 Å². The Morgan fingerprint density at radius 3 is 2.91 bits per heavy atom. The number of rotatable bonds is 4. The first kappa shape index (κ1) is 14.6. The minimum absolute atomic E-state index is 0.179. The summed E-state index contributed by atoms with van der Waals surface area (Å²) in [5.41, 5.74) is 2.11. The molecule has 0 spiro atoms. The fourth-order valence-corrected chi connectivity index (χ4v) is 3.66. The van der Waals surface area contributed by atoms with Crippen LogP contribution in [0.4, 0.5) is 0 Å². The average Bonchev–Trinajstić information content (AvgIpc) is 3.17. The van der Waals surface area contributed by atoms with Crippen LogP contribution in [0.5, 0.6) is 5.75 Å². The van der Waals surface area contributed by atoms with Crippen LogP contribution in [0.25, 0.3) is 0 Å². The van der Waals surface area contributed by atoms with Crippen LogP contribution >= 0.6 is 0 Å². The summed E-state index contributed by atoms with van der Waals surface area (Å²) < 4.78 is 5.23. The standard InChI is InChI=1S/C18H21N3O2/c1-22-16-7-5-14(6-8-16)11-21-18(17-4-2-3-9-20-17)13-19-10-15(18)12-23-21/h2-9,15,19H,10-13H2,1H3. The molecule has 1 aromatic carbocycles. The van der Waals surface area contributed by atoms with E-state index in [-0.39, 0.29) is 5.54 Å². The maximum absolute atomic E-state index is 6.06. The summed E-state index contributed by atoms with van der Waals surface area (Å²) in [5.74, 6) is 1.30. The Morgan fingerprint density at radius 2 is 2.17 bits per heavy atom. The van der Waals surface area contributed by atoms with Crippen LogP contribution in [-0.4, -0.2) is 36.9 Å². The Balaban J connectivity index is 1.64. The first-order valence-corrected chi connectivity index (χ1v) is 7.98. The minimum atomic E-state index is -0.179. The minimum Gasteiger partial charge on any atom is -0.497 e. The summed E-state index contributed by atoms with van der Waals surface area (Å²) in [6.45, 7) is 3.30. The molecular formula is C18H21N3O2. The molecule has 2 aromatic rings. The van der Waals surface area contributed by atoms with Crippen molar-refractivity contribution in [3.05, 3.63) is 59.9 Å². The van der Waals surface area contributed by atoms with Crippen LogP contribution in [0.3, 0.4) is 0 Å². The van der Waals surface area contributed by atoms with Crippen molar-refractivity contribution >= 4 is 0 Å². The Labute approximate surface area is 136 Å². The third-order valence-corrected chi connectivity index (χ3v) is 4.93. The number of methoxy groups -OCH3 is 1. The van der Waals surface area contributed by atoms with Gasteiger partial charge in [0.1, 0.15) is 11.3 Å². The van der Waals surface area contributed by atoms with Gasteiger partial charge in [0.25, 0.3) is 0 Å². The number of hydroxylamine groups is 2. The molecule has 1 aromatic heterocycles.